The number of nitrogens with zero attached hydrogens (tertiary/aromatic N) is 1. The van der Waals surface area contributed by atoms with Gasteiger partial charge < -0.3 is 20.6 Å². The monoisotopic (exact) mass is 365 g/mol. The van der Waals surface area contributed by atoms with Crippen molar-refractivity contribution in [1.82, 2.24) is 10.2 Å². The zero-order valence-electron chi connectivity index (χ0n) is 14.2. The fourth-order valence-corrected chi connectivity index (χ4v) is 3.35. The Bertz CT molecular complexity index is 645. The Kier molecular flexibility index (Phi) is 7.12. The van der Waals surface area contributed by atoms with Crippen LogP contribution in [0.4, 0.5) is 10.5 Å². The van der Waals surface area contributed by atoms with Gasteiger partial charge in [0.2, 0.25) is 0 Å². The molecule has 8 heteroatoms. The van der Waals surface area contributed by atoms with Gasteiger partial charge in [-0.05, 0) is 31.0 Å². The van der Waals surface area contributed by atoms with Crippen LogP contribution in [0.3, 0.4) is 0 Å². The molecular weight excluding hydrogens is 342 g/mol. The number of thioether (sulfide) groups is 1. The van der Waals surface area contributed by atoms with Crippen LogP contribution in [0.5, 0.6) is 0 Å². The lowest BCUT2D eigenvalue weighted by Gasteiger charge is -2.26. The molecule has 25 heavy (non-hydrogen) atoms. The highest BCUT2D eigenvalue weighted by Gasteiger charge is 2.19. The molecule has 0 spiro atoms. The molecule has 136 valence electrons. The number of carbonyl (C=O) groups is 3. The molecule has 0 bridgehead atoms. The molecule has 0 radical (unpaired) electrons. The van der Waals surface area contributed by atoms with E-state index in [9.17, 15) is 14.4 Å². The van der Waals surface area contributed by atoms with Gasteiger partial charge in [-0.15, -0.1) is 0 Å². The number of aryl methyl sites for hydroxylation is 1. The van der Waals surface area contributed by atoms with E-state index in [-0.39, 0.29) is 18.9 Å². The highest BCUT2D eigenvalue weighted by atomic mass is 32.2. The third kappa shape index (κ3) is 5.97. The van der Waals surface area contributed by atoms with Crippen molar-refractivity contribution in [1.29, 1.82) is 0 Å². The summed E-state index contributed by atoms with van der Waals surface area (Å²) >= 11 is 1.84. The summed E-state index contributed by atoms with van der Waals surface area (Å²) in [6.07, 6.45) is 0.380. The fourth-order valence-electron chi connectivity index (χ4n) is 2.45. The van der Waals surface area contributed by atoms with Gasteiger partial charge in [0.25, 0.3) is 5.91 Å². The summed E-state index contributed by atoms with van der Waals surface area (Å²) in [5.74, 6) is 0.980. The van der Waals surface area contributed by atoms with Crippen molar-refractivity contribution in [3.05, 3.63) is 29.3 Å². The van der Waals surface area contributed by atoms with Crippen molar-refractivity contribution < 1.29 is 19.5 Å². The van der Waals surface area contributed by atoms with E-state index in [1.807, 2.05) is 29.7 Å². The lowest BCUT2D eigenvalue weighted by atomic mass is 10.1. The summed E-state index contributed by atoms with van der Waals surface area (Å²) in [4.78, 5) is 36.8. The van der Waals surface area contributed by atoms with E-state index in [1.54, 1.807) is 12.1 Å². The standard InChI is InChI=1S/C17H23N3O4S/c1-12-4-5-13(16(23)20-7-9-25-10-8-20)11-14(12)19-17(24)18-6-2-3-15(21)22/h4-5,11H,2-3,6-10H2,1H3,(H,21,22)(H2,18,19,24). The summed E-state index contributed by atoms with van der Waals surface area (Å²) in [6, 6.07) is 4.87. The van der Waals surface area contributed by atoms with Crippen LogP contribution in [-0.4, -0.2) is 59.1 Å². The van der Waals surface area contributed by atoms with Crippen LogP contribution in [0, 0.1) is 6.92 Å². The molecule has 0 unspecified atom stereocenters. The highest BCUT2D eigenvalue weighted by Crippen LogP contribution is 2.19. The first-order valence-corrected chi connectivity index (χ1v) is 9.37. The first-order valence-electron chi connectivity index (χ1n) is 8.21. The quantitative estimate of drug-likeness (QED) is 0.671. The number of nitrogens with one attached hydrogen (secondary N) is 2. The predicted octanol–water partition coefficient (Wildman–Crippen LogP) is 2.17. The Balaban J connectivity index is 1.94. The van der Waals surface area contributed by atoms with Crippen molar-refractivity contribution in [2.45, 2.75) is 19.8 Å². The van der Waals surface area contributed by atoms with Gasteiger partial charge in [-0.3, -0.25) is 9.59 Å². The third-order valence-electron chi connectivity index (χ3n) is 3.88. The van der Waals surface area contributed by atoms with Gasteiger partial charge in [0, 0.05) is 48.8 Å². The predicted molar refractivity (Wildman–Crippen MR) is 98.3 cm³/mol. The zero-order valence-corrected chi connectivity index (χ0v) is 15.0. The van der Waals surface area contributed by atoms with Gasteiger partial charge in [-0.1, -0.05) is 6.07 Å². The Hall–Kier alpha value is -2.22. The number of hydrogen-bond donors (Lipinski definition) is 3. The first-order chi connectivity index (χ1) is 12.0. The smallest absolute Gasteiger partial charge is 0.319 e. The van der Waals surface area contributed by atoms with Crippen molar-refractivity contribution in [2.24, 2.45) is 0 Å². The number of anilines is 1. The molecule has 1 aromatic carbocycles. The second-order valence-electron chi connectivity index (χ2n) is 5.81. The molecule has 0 saturated carbocycles. The van der Waals surface area contributed by atoms with E-state index in [2.05, 4.69) is 10.6 Å². The van der Waals surface area contributed by atoms with Crippen molar-refractivity contribution in [3.63, 3.8) is 0 Å². The molecule has 2 rings (SSSR count). The highest BCUT2D eigenvalue weighted by molar-refractivity contribution is 7.99. The van der Waals surface area contributed by atoms with Gasteiger partial charge in [0.05, 0.1) is 0 Å². The molecule has 0 aromatic heterocycles. The SMILES string of the molecule is Cc1ccc(C(=O)N2CCSCC2)cc1NC(=O)NCCCC(=O)O. The number of aliphatic carboxylic acids is 1. The second kappa shape index (κ2) is 9.31. The maximum Gasteiger partial charge on any atom is 0.319 e. The lowest BCUT2D eigenvalue weighted by Crippen LogP contribution is -2.38. The Labute approximate surface area is 151 Å². The number of urea groups is 1. The Morgan fingerprint density at radius 3 is 2.64 bits per heavy atom. The summed E-state index contributed by atoms with van der Waals surface area (Å²) in [6.45, 7) is 3.61. The van der Waals surface area contributed by atoms with Gasteiger partial charge in [0.15, 0.2) is 0 Å². The molecule has 0 aliphatic carbocycles. The van der Waals surface area contributed by atoms with Gasteiger partial charge >= 0.3 is 12.0 Å². The Morgan fingerprint density at radius 2 is 1.96 bits per heavy atom. The van der Waals surface area contributed by atoms with Crippen LogP contribution in [0.15, 0.2) is 18.2 Å². The normalized spacial score (nSPS) is 14.0. The summed E-state index contributed by atoms with van der Waals surface area (Å²) in [5.41, 5.74) is 1.98. The number of carboxylic acid groups (broad SMARTS) is 1. The molecule has 3 N–H and O–H groups in total. The van der Waals surface area contributed by atoms with E-state index < -0.39 is 12.0 Å². The van der Waals surface area contributed by atoms with E-state index in [1.165, 1.54) is 0 Å². The first kappa shape index (κ1) is 19.1. The number of hydrogen-bond acceptors (Lipinski definition) is 4. The maximum atomic E-state index is 12.6. The van der Waals surface area contributed by atoms with Crippen molar-refractivity contribution in [2.75, 3.05) is 36.5 Å². The molecule has 1 fully saturated rings. The van der Waals surface area contributed by atoms with E-state index in [0.29, 0.717) is 17.7 Å². The van der Waals surface area contributed by atoms with E-state index in [0.717, 1.165) is 30.2 Å². The summed E-state index contributed by atoms with van der Waals surface area (Å²) in [7, 11) is 0. The minimum absolute atomic E-state index is 0.0113. The minimum atomic E-state index is -0.889. The van der Waals surface area contributed by atoms with Crippen LogP contribution in [0.25, 0.3) is 0 Å². The van der Waals surface area contributed by atoms with Crippen molar-refractivity contribution >= 4 is 35.4 Å². The summed E-state index contributed by atoms with van der Waals surface area (Å²) < 4.78 is 0. The number of amides is 3. The van der Waals surface area contributed by atoms with Gasteiger partial charge in [-0.2, -0.15) is 11.8 Å². The molecule has 1 aromatic rings. The molecule has 3 amide bonds. The molecular formula is C17H23N3O4S. The second-order valence-corrected chi connectivity index (χ2v) is 7.04. The molecule has 0 atom stereocenters. The van der Waals surface area contributed by atoms with E-state index >= 15 is 0 Å². The van der Waals surface area contributed by atoms with Crippen LogP contribution in [0.1, 0.15) is 28.8 Å². The maximum absolute atomic E-state index is 12.6. The number of benzene rings is 1. The third-order valence-corrected chi connectivity index (χ3v) is 4.83. The average molecular weight is 365 g/mol. The van der Waals surface area contributed by atoms with Crippen LogP contribution in [0.2, 0.25) is 0 Å². The van der Waals surface area contributed by atoms with Gasteiger partial charge in [0.1, 0.15) is 0 Å². The number of rotatable bonds is 6. The number of carbonyl (C=O) groups excluding carboxylic acids is 2. The van der Waals surface area contributed by atoms with E-state index in [4.69, 9.17) is 5.11 Å². The van der Waals surface area contributed by atoms with Gasteiger partial charge in [-0.25, -0.2) is 4.79 Å². The summed E-state index contributed by atoms with van der Waals surface area (Å²) in [5, 5.41) is 13.9. The topological polar surface area (TPSA) is 98.7 Å². The average Bonchev–Trinajstić information content (AvgIpc) is 2.60. The van der Waals surface area contributed by atoms with Crippen LogP contribution >= 0.6 is 11.8 Å². The lowest BCUT2D eigenvalue weighted by molar-refractivity contribution is -0.137. The molecule has 1 heterocycles. The molecule has 1 aliphatic heterocycles. The van der Waals surface area contributed by atoms with Crippen LogP contribution < -0.4 is 10.6 Å². The fraction of sp³-hybridized carbons (Fsp3) is 0.471. The van der Waals surface area contributed by atoms with Crippen LogP contribution in [-0.2, 0) is 4.79 Å². The zero-order chi connectivity index (χ0) is 18.2. The molecule has 1 saturated heterocycles. The molecule has 7 nitrogen and oxygen atoms in total. The van der Waals surface area contributed by atoms with Crippen molar-refractivity contribution in [3.8, 4) is 0 Å². The number of carboxylic acids is 1. The molecule has 1 aliphatic rings. The minimum Gasteiger partial charge on any atom is -0.481 e. The Morgan fingerprint density at radius 1 is 1.24 bits per heavy atom. The largest absolute Gasteiger partial charge is 0.481 e.